The number of phenols is 2. The zero-order chi connectivity index (χ0) is 52.3. The maximum atomic E-state index is 14.9. The van der Waals surface area contributed by atoms with Gasteiger partial charge in [-0.1, -0.05) is 92.2 Å². The first-order chi connectivity index (χ1) is 36.9. The number of ether oxygens (including phenoxy) is 2. The molecule has 0 saturated heterocycles. The van der Waals surface area contributed by atoms with Crippen molar-refractivity contribution in [2.75, 3.05) is 20.3 Å². The number of carbonyl (C=O) groups is 1. The highest BCUT2D eigenvalue weighted by molar-refractivity contribution is 5.96. The molecule has 0 aromatic heterocycles. The number of aliphatic hydroxyl groups excluding tert-OH is 2. The molecule has 10 heteroatoms. The van der Waals surface area contributed by atoms with E-state index in [0.717, 1.165) is 123 Å². The van der Waals surface area contributed by atoms with Crippen molar-refractivity contribution >= 4 is 11.7 Å². The number of hydrogen-bond donors (Lipinski definition) is 6. The van der Waals surface area contributed by atoms with Gasteiger partial charge in [-0.05, 0) is 195 Å². The van der Waals surface area contributed by atoms with Gasteiger partial charge in [0.15, 0.2) is 23.2 Å². The predicted octanol–water partition coefficient (Wildman–Crippen LogP) is 11.4. The number of aromatic hydroxyl groups is 2. The van der Waals surface area contributed by atoms with Crippen molar-refractivity contribution in [2.45, 2.75) is 184 Å². The normalized spacial score (nSPS) is 32.5. The van der Waals surface area contributed by atoms with Crippen molar-refractivity contribution < 1.29 is 34.7 Å². The number of allylic oxidation sites excluding steroid dienone is 4. The number of phenolic OH excluding ortho intramolecular Hbond substituents is 2. The average Bonchev–Trinajstić information content (AvgIpc) is 4.01. The van der Waals surface area contributed by atoms with Gasteiger partial charge in [0.05, 0.1) is 37.0 Å². The van der Waals surface area contributed by atoms with Crippen molar-refractivity contribution in [3.8, 4) is 29.1 Å². The van der Waals surface area contributed by atoms with Gasteiger partial charge in [0.2, 0.25) is 0 Å². The second kappa shape index (κ2) is 20.8. The summed E-state index contributed by atoms with van der Waals surface area (Å²) in [6.07, 6.45) is 24.8. The van der Waals surface area contributed by atoms with Gasteiger partial charge in [0.1, 0.15) is 5.75 Å². The molecule has 2 spiro atoms. The van der Waals surface area contributed by atoms with Gasteiger partial charge in [-0.2, -0.15) is 0 Å². The standard InChI is InChI=1S/C66H81N3O7/c1-40-28-52-44-30-42(32-48(72)34-44)29-41-12-10-13-46(31-41)66(24-7-3-8-25-66)69-63(67)68-47-14-11-17-50-43(19-20-56(73)51-21-26-64(39-71)23-9-6-18-54(64)53(51)38-70)36-58(76-49-15-4-5-16-49)62(74)60(50)61-59-45(33-47)35-55(52)65(61,37-40)27-22-57(59)75-2/h9-10,12-13,23,30-32,34-36,40,45,47,49,52,54,57,59,61,70-72,74H,3-8,14-16,18-22,24-29,33,37-39H2,1-2H3,(H3,67,68,69). The fourth-order valence-electron chi connectivity index (χ4n) is 17.4. The van der Waals surface area contributed by atoms with E-state index in [1.54, 1.807) is 0 Å². The third-order valence-corrected chi connectivity index (χ3v) is 20.7. The van der Waals surface area contributed by atoms with Crippen LogP contribution < -0.4 is 15.8 Å². The van der Waals surface area contributed by atoms with Gasteiger partial charge in [-0.15, -0.1) is 0 Å². The topological polar surface area (TPSA) is 167 Å². The Kier molecular flexibility index (Phi) is 14.1. The summed E-state index contributed by atoms with van der Waals surface area (Å²) in [4.78, 5) is 20.3. The molecule has 0 radical (unpaired) electrons. The third-order valence-electron chi connectivity index (χ3n) is 20.7. The number of nitrogens with two attached hydrogens (primary N) is 1. The lowest BCUT2D eigenvalue weighted by atomic mass is 9.43. The minimum atomic E-state index is -0.450. The lowest BCUT2D eigenvalue weighted by Crippen LogP contribution is -2.54. The van der Waals surface area contributed by atoms with E-state index in [9.17, 15) is 25.2 Å². The van der Waals surface area contributed by atoms with Crippen molar-refractivity contribution in [2.24, 2.45) is 45.2 Å². The molecular weight excluding hydrogens is 947 g/mol. The van der Waals surface area contributed by atoms with Gasteiger partial charge in [-0.3, -0.25) is 4.79 Å². The van der Waals surface area contributed by atoms with E-state index in [-0.39, 0.29) is 90.3 Å². The summed E-state index contributed by atoms with van der Waals surface area (Å²) in [5.74, 6) is 8.78. The molecule has 4 saturated carbocycles. The number of hydrogen-bond acceptors (Lipinski definition) is 10. The first-order valence-electron chi connectivity index (χ1n) is 29.4. The number of methoxy groups -OCH3 is 1. The molecule has 1 aliphatic heterocycles. The molecule has 3 aromatic carbocycles. The van der Waals surface area contributed by atoms with Crippen molar-refractivity contribution in [1.29, 1.82) is 0 Å². The molecule has 10 bridgehead atoms. The van der Waals surface area contributed by atoms with Crippen molar-refractivity contribution in [3.63, 3.8) is 0 Å². The number of rotatable bonds is 9. The number of benzene rings is 3. The molecular formula is C66H81N3O7. The number of Topliss-reactive ketones (excluding diaryl/α,β-unsaturated/α-hetero) is 1. The fraction of sp³-hybridized carbons (Fsp3) is 0.576. The highest BCUT2D eigenvalue weighted by atomic mass is 16.5. The lowest BCUT2D eigenvalue weighted by molar-refractivity contribution is -0.116. The molecule has 402 valence electrons. The molecule has 12 rings (SSSR count). The molecule has 8 aliphatic carbocycles. The van der Waals surface area contributed by atoms with Crippen LogP contribution in [0.1, 0.15) is 186 Å². The summed E-state index contributed by atoms with van der Waals surface area (Å²) in [7, 11) is 1.85. The Morgan fingerprint density at radius 1 is 0.947 bits per heavy atom. The number of nitrogens with zero attached hydrogens (tertiary/aromatic N) is 1. The quantitative estimate of drug-likeness (QED) is 0.0903. The molecule has 0 amide bonds. The molecule has 10 nitrogen and oxygen atoms in total. The number of carbonyl (C=O) groups excluding carboxylic acids is 1. The number of aliphatic hydroxyl groups is 2. The molecule has 76 heavy (non-hydrogen) atoms. The SMILES string of the molecule is COC1CCC23CC(C)CC4C2=CC2CC(CC#Cc5c(CCC(=O)C6=C(CO)C7CCC=CC7(CO)CC6)cc(OC6CCCC6)c(O)c5C3C21)N=C(N)NC1(CCCCC1)c1cccc(c1)Cc1cc(O)cc4c1. The average molecular weight is 1030 g/mol. The Morgan fingerprint density at radius 3 is 2.59 bits per heavy atom. The third kappa shape index (κ3) is 9.12. The summed E-state index contributed by atoms with van der Waals surface area (Å²) in [6.45, 7) is 2.18. The Balaban J connectivity index is 1.06. The Labute approximate surface area is 450 Å². The summed E-state index contributed by atoms with van der Waals surface area (Å²) in [5, 5.41) is 50.6. The number of guanidine groups is 1. The fourth-order valence-corrected chi connectivity index (χ4v) is 17.4. The van der Waals surface area contributed by atoms with Gasteiger partial charge in [0.25, 0.3) is 0 Å². The summed E-state index contributed by atoms with van der Waals surface area (Å²) in [6, 6.07) is 17.0. The smallest absolute Gasteiger partial charge is 0.189 e. The van der Waals surface area contributed by atoms with Gasteiger partial charge < -0.3 is 41.0 Å². The lowest BCUT2D eigenvalue weighted by Gasteiger charge is -2.62. The molecule has 10 atom stereocenters. The van der Waals surface area contributed by atoms with Crippen LogP contribution in [0.3, 0.4) is 0 Å². The van der Waals surface area contributed by atoms with E-state index < -0.39 is 10.8 Å². The van der Waals surface area contributed by atoms with Gasteiger partial charge in [-0.25, -0.2) is 4.99 Å². The van der Waals surface area contributed by atoms with E-state index in [1.165, 1.54) is 23.1 Å². The van der Waals surface area contributed by atoms with Crippen LogP contribution in [0.2, 0.25) is 0 Å². The maximum absolute atomic E-state index is 14.9. The van der Waals surface area contributed by atoms with Crippen LogP contribution in [0.25, 0.3) is 0 Å². The zero-order valence-corrected chi connectivity index (χ0v) is 45.1. The van der Waals surface area contributed by atoms with Crippen LogP contribution >= 0.6 is 0 Å². The minimum absolute atomic E-state index is 0.00863. The number of nitrogens with one attached hydrogen (secondary N) is 1. The van der Waals surface area contributed by atoms with Crippen LogP contribution in [0, 0.1) is 46.3 Å². The molecule has 9 aliphatic rings. The Morgan fingerprint density at radius 2 is 1.79 bits per heavy atom. The Hall–Kier alpha value is -5.34. The second-order valence-corrected chi connectivity index (χ2v) is 25.1. The molecule has 4 fully saturated rings. The van der Waals surface area contributed by atoms with E-state index >= 15 is 0 Å². The number of aryl methyl sites for hydroxylation is 1. The van der Waals surface area contributed by atoms with Gasteiger partial charge >= 0.3 is 0 Å². The molecule has 10 unspecified atom stereocenters. The summed E-state index contributed by atoms with van der Waals surface area (Å²) >= 11 is 0. The Bertz CT molecular complexity index is 2930. The highest BCUT2D eigenvalue weighted by Crippen LogP contribution is 2.70. The molecule has 7 N–H and O–H groups in total. The number of aliphatic imine (C=N–C) groups is 1. The summed E-state index contributed by atoms with van der Waals surface area (Å²) < 4.78 is 13.7. The first-order valence-corrected chi connectivity index (χ1v) is 29.4. The van der Waals surface area contributed by atoms with Crippen molar-refractivity contribution in [1.82, 2.24) is 5.32 Å². The van der Waals surface area contributed by atoms with Crippen molar-refractivity contribution in [3.05, 3.63) is 122 Å². The second-order valence-electron chi connectivity index (χ2n) is 25.1. The van der Waals surface area contributed by atoms with Gasteiger partial charge in [0, 0.05) is 48.3 Å². The predicted molar refractivity (Wildman–Crippen MR) is 297 cm³/mol. The van der Waals surface area contributed by atoms with Crippen LogP contribution in [0.5, 0.6) is 17.2 Å². The van der Waals surface area contributed by atoms with E-state index in [2.05, 4.69) is 72.6 Å². The van der Waals surface area contributed by atoms with E-state index in [1.807, 2.05) is 25.3 Å². The monoisotopic (exact) mass is 1030 g/mol. The largest absolute Gasteiger partial charge is 0.508 e. The molecule has 1 heterocycles. The minimum Gasteiger partial charge on any atom is -0.508 e. The highest BCUT2D eigenvalue weighted by Gasteiger charge is 2.61. The van der Waals surface area contributed by atoms with Crippen LogP contribution in [0.4, 0.5) is 0 Å². The van der Waals surface area contributed by atoms with Crippen LogP contribution in [-0.2, 0) is 27.9 Å². The van der Waals surface area contributed by atoms with Crippen LogP contribution in [-0.4, -0.2) is 70.7 Å². The van der Waals surface area contributed by atoms with Crippen LogP contribution in [0.15, 0.2) is 88.5 Å². The first kappa shape index (κ1) is 51.4. The van der Waals surface area contributed by atoms with E-state index in [0.29, 0.717) is 61.7 Å². The number of fused-ring (bicyclic) bond motifs is 9. The summed E-state index contributed by atoms with van der Waals surface area (Å²) in [5.41, 5.74) is 16.0. The van der Waals surface area contributed by atoms with E-state index in [4.69, 9.17) is 20.2 Å². The number of ketones is 1. The zero-order valence-electron chi connectivity index (χ0n) is 45.1. The molecule has 3 aromatic rings. The maximum Gasteiger partial charge on any atom is 0.189 e.